The van der Waals surface area contributed by atoms with Gasteiger partial charge in [-0.3, -0.25) is 4.79 Å². The molecule has 2 unspecified atom stereocenters. The van der Waals surface area contributed by atoms with E-state index in [1.165, 1.54) is 12.8 Å². The van der Waals surface area contributed by atoms with Crippen molar-refractivity contribution in [3.63, 3.8) is 0 Å². The van der Waals surface area contributed by atoms with Crippen LogP contribution in [0.2, 0.25) is 5.02 Å². The van der Waals surface area contributed by atoms with Crippen LogP contribution in [0.5, 0.6) is 0 Å². The lowest BCUT2D eigenvalue weighted by Gasteiger charge is -2.24. The summed E-state index contributed by atoms with van der Waals surface area (Å²) < 4.78 is 1.99. The van der Waals surface area contributed by atoms with Crippen LogP contribution >= 0.6 is 11.6 Å². The molecule has 2 aliphatic heterocycles. The molecule has 1 aromatic rings. The molecule has 2 atom stereocenters. The number of aryl methyl sites for hydroxylation is 1. The Kier molecular flexibility index (Phi) is 4.03. The van der Waals surface area contributed by atoms with Crippen LogP contribution in [0.1, 0.15) is 43.1 Å². The Labute approximate surface area is 125 Å². The van der Waals surface area contributed by atoms with Gasteiger partial charge in [0.2, 0.25) is 0 Å². The summed E-state index contributed by atoms with van der Waals surface area (Å²) in [6.07, 6.45) is 6.36. The molecule has 1 aromatic heterocycles. The molecular weight excluding hydrogens is 274 g/mol. The minimum atomic E-state index is 0.125. The van der Waals surface area contributed by atoms with Crippen molar-refractivity contribution in [2.24, 2.45) is 0 Å². The minimum absolute atomic E-state index is 0.125. The van der Waals surface area contributed by atoms with Crippen molar-refractivity contribution in [1.82, 2.24) is 14.8 Å². The highest BCUT2D eigenvalue weighted by Crippen LogP contribution is 2.23. The Morgan fingerprint density at radius 2 is 2.20 bits per heavy atom. The van der Waals surface area contributed by atoms with E-state index in [1.807, 2.05) is 15.7 Å². The second kappa shape index (κ2) is 5.78. The Morgan fingerprint density at radius 1 is 1.40 bits per heavy atom. The monoisotopic (exact) mass is 295 g/mol. The zero-order chi connectivity index (χ0) is 14.1. The van der Waals surface area contributed by atoms with Gasteiger partial charge in [-0.25, -0.2) is 0 Å². The number of carbonyl (C=O) groups excluding carboxylic acids is 1. The summed E-state index contributed by atoms with van der Waals surface area (Å²) in [6.45, 7) is 4.62. The van der Waals surface area contributed by atoms with Gasteiger partial charge in [-0.2, -0.15) is 0 Å². The van der Waals surface area contributed by atoms with Crippen LogP contribution < -0.4 is 5.32 Å². The molecule has 5 heteroatoms. The maximum atomic E-state index is 12.8. The van der Waals surface area contributed by atoms with Crippen LogP contribution in [0.15, 0.2) is 12.3 Å². The molecule has 20 heavy (non-hydrogen) atoms. The van der Waals surface area contributed by atoms with E-state index in [0.29, 0.717) is 17.1 Å². The number of aromatic nitrogens is 1. The number of amides is 1. The molecule has 1 amide bonds. The molecule has 0 saturated carbocycles. The molecule has 2 fully saturated rings. The van der Waals surface area contributed by atoms with Crippen molar-refractivity contribution in [2.45, 2.75) is 51.2 Å². The van der Waals surface area contributed by atoms with Crippen LogP contribution in [0, 0.1) is 0 Å². The molecule has 1 N–H and O–H groups in total. The number of fused-ring (bicyclic) bond motifs is 2. The first-order valence-corrected chi connectivity index (χ1v) is 7.96. The maximum Gasteiger partial charge on any atom is 0.270 e. The van der Waals surface area contributed by atoms with E-state index in [9.17, 15) is 4.79 Å². The molecule has 110 valence electrons. The fourth-order valence-corrected chi connectivity index (χ4v) is 3.59. The van der Waals surface area contributed by atoms with E-state index in [-0.39, 0.29) is 5.91 Å². The van der Waals surface area contributed by atoms with Crippen LogP contribution in [0.3, 0.4) is 0 Å². The second-order valence-electron chi connectivity index (χ2n) is 5.91. The predicted molar refractivity (Wildman–Crippen MR) is 80.2 cm³/mol. The summed E-state index contributed by atoms with van der Waals surface area (Å²) in [5.41, 5.74) is 0.731. The standard InChI is InChI=1S/C15H22ClN3O/c1-2-6-18-9-11(16)8-14(18)15(20)19-7-5-12-3-4-13(10-19)17-12/h8-9,12-13,17H,2-7,10H2,1H3. The van der Waals surface area contributed by atoms with E-state index < -0.39 is 0 Å². The smallest absolute Gasteiger partial charge is 0.270 e. The molecule has 3 rings (SSSR count). The number of likely N-dealkylation sites (tertiary alicyclic amines) is 1. The minimum Gasteiger partial charge on any atom is -0.342 e. The summed E-state index contributed by atoms with van der Waals surface area (Å²) in [5.74, 6) is 0.125. The third kappa shape index (κ3) is 2.72. The number of hydrogen-bond donors (Lipinski definition) is 1. The van der Waals surface area contributed by atoms with Crippen LogP contribution in [-0.4, -0.2) is 40.5 Å². The lowest BCUT2D eigenvalue weighted by molar-refractivity contribution is 0.0737. The number of halogens is 1. The number of hydrogen-bond acceptors (Lipinski definition) is 2. The molecule has 2 saturated heterocycles. The van der Waals surface area contributed by atoms with Crippen molar-refractivity contribution in [2.75, 3.05) is 13.1 Å². The fourth-order valence-electron chi connectivity index (χ4n) is 3.37. The number of nitrogens with zero attached hydrogens (tertiary/aromatic N) is 2. The van der Waals surface area contributed by atoms with Gasteiger partial charge in [0, 0.05) is 37.9 Å². The third-order valence-electron chi connectivity index (χ3n) is 4.36. The first-order chi connectivity index (χ1) is 9.67. The number of rotatable bonds is 3. The summed E-state index contributed by atoms with van der Waals surface area (Å²) >= 11 is 6.08. The van der Waals surface area contributed by atoms with Crippen molar-refractivity contribution >= 4 is 17.5 Å². The van der Waals surface area contributed by atoms with Gasteiger partial charge >= 0.3 is 0 Å². The van der Waals surface area contributed by atoms with Gasteiger partial charge in [0.25, 0.3) is 5.91 Å². The molecule has 0 radical (unpaired) electrons. The van der Waals surface area contributed by atoms with E-state index >= 15 is 0 Å². The van der Waals surface area contributed by atoms with E-state index in [4.69, 9.17) is 11.6 Å². The third-order valence-corrected chi connectivity index (χ3v) is 4.56. The van der Waals surface area contributed by atoms with E-state index in [1.54, 1.807) is 6.07 Å². The van der Waals surface area contributed by atoms with E-state index in [2.05, 4.69) is 12.2 Å². The van der Waals surface area contributed by atoms with Gasteiger partial charge in [0.15, 0.2) is 0 Å². The Morgan fingerprint density at radius 3 is 3.00 bits per heavy atom. The van der Waals surface area contributed by atoms with Crippen molar-refractivity contribution in [3.05, 3.63) is 23.0 Å². The Hall–Kier alpha value is -1.00. The van der Waals surface area contributed by atoms with Crippen molar-refractivity contribution < 1.29 is 4.79 Å². The van der Waals surface area contributed by atoms with E-state index in [0.717, 1.165) is 38.2 Å². The molecule has 0 aromatic carbocycles. The SMILES string of the molecule is CCCn1cc(Cl)cc1C(=O)N1CCC2CCC(C1)N2. The molecule has 0 aliphatic carbocycles. The topological polar surface area (TPSA) is 37.3 Å². The Balaban J connectivity index is 1.78. The number of carbonyl (C=O) groups is 1. The van der Waals surface area contributed by atoms with Gasteiger partial charge < -0.3 is 14.8 Å². The van der Waals surface area contributed by atoms with Gasteiger partial charge in [-0.15, -0.1) is 0 Å². The summed E-state index contributed by atoms with van der Waals surface area (Å²) in [7, 11) is 0. The van der Waals surface area contributed by atoms with Gasteiger partial charge in [-0.1, -0.05) is 18.5 Å². The first kappa shape index (κ1) is 14.0. The predicted octanol–water partition coefficient (Wildman–Crippen LogP) is 2.52. The normalized spacial score (nSPS) is 25.8. The lowest BCUT2D eigenvalue weighted by Crippen LogP contribution is -2.39. The highest BCUT2D eigenvalue weighted by atomic mass is 35.5. The van der Waals surface area contributed by atoms with Crippen LogP contribution in [0.25, 0.3) is 0 Å². The fraction of sp³-hybridized carbons (Fsp3) is 0.667. The molecule has 0 spiro atoms. The summed E-state index contributed by atoms with van der Waals surface area (Å²) in [6, 6.07) is 2.87. The molecule has 2 bridgehead atoms. The largest absolute Gasteiger partial charge is 0.342 e. The zero-order valence-corrected chi connectivity index (χ0v) is 12.7. The zero-order valence-electron chi connectivity index (χ0n) is 11.9. The average Bonchev–Trinajstić information content (AvgIpc) is 2.92. The molecular formula is C15H22ClN3O. The molecule has 4 nitrogen and oxygen atoms in total. The molecule has 3 heterocycles. The highest BCUT2D eigenvalue weighted by molar-refractivity contribution is 6.31. The summed E-state index contributed by atoms with van der Waals surface area (Å²) in [5, 5.41) is 4.26. The van der Waals surface area contributed by atoms with Crippen LogP contribution in [-0.2, 0) is 6.54 Å². The van der Waals surface area contributed by atoms with Gasteiger partial charge in [0.05, 0.1) is 5.02 Å². The number of nitrogens with one attached hydrogen (secondary N) is 1. The van der Waals surface area contributed by atoms with Gasteiger partial charge in [0.1, 0.15) is 5.69 Å². The van der Waals surface area contributed by atoms with Crippen LogP contribution in [0.4, 0.5) is 0 Å². The maximum absolute atomic E-state index is 12.8. The highest BCUT2D eigenvalue weighted by Gasteiger charge is 2.32. The summed E-state index contributed by atoms with van der Waals surface area (Å²) in [4.78, 5) is 14.8. The van der Waals surface area contributed by atoms with Gasteiger partial charge in [-0.05, 0) is 31.7 Å². The first-order valence-electron chi connectivity index (χ1n) is 7.58. The van der Waals surface area contributed by atoms with Crippen molar-refractivity contribution in [3.8, 4) is 0 Å². The van der Waals surface area contributed by atoms with Crippen molar-refractivity contribution in [1.29, 1.82) is 0 Å². The second-order valence-corrected chi connectivity index (χ2v) is 6.35. The lowest BCUT2D eigenvalue weighted by atomic mass is 10.1. The quantitative estimate of drug-likeness (QED) is 0.930. The Bertz CT molecular complexity index is 499. The molecule has 2 aliphatic rings. The average molecular weight is 296 g/mol.